The first-order valence-corrected chi connectivity index (χ1v) is 10.4. The average molecular weight is 419 g/mol. The van der Waals surface area contributed by atoms with Crippen molar-refractivity contribution in [2.75, 3.05) is 24.5 Å². The van der Waals surface area contributed by atoms with E-state index in [1.54, 1.807) is 32.0 Å². The normalized spacial score (nSPS) is 11.6. The second kappa shape index (κ2) is 8.53. The Labute approximate surface area is 167 Å². The fourth-order valence-electron chi connectivity index (χ4n) is 2.57. The van der Waals surface area contributed by atoms with Gasteiger partial charge in [-0.25, -0.2) is 14.3 Å². The lowest BCUT2D eigenvalue weighted by atomic mass is 10.1. The number of carbonyl (C=O) groups excluding carboxylic acids is 1. The van der Waals surface area contributed by atoms with Gasteiger partial charge in [0.05, 0.1) is 17.9 Å². The van der Waals surface area contributed by atoms with Gasteiger partial charge in [-0.15, -0.1) is 5.10 Å². The van der Waals surface area contributed by atoms with Crippen LogP contribution in [-0.4, -0.2) is 53.8 Å². The maximum Gasteiger partial charge on any atom is 0.340 e. The van der Waals surface area contributed by atoms with Gasteiger partial charge in [0.15, 0.2) is 0 Å². The van der Waals surface area contributed by atoms with Crippen molar-refractivity contribution >= 4 is 27.5 Å². The van der Waals surface area contributed by atoms with Crippen molar-refractivity contribution in [2.24, 2.45) is 0 Å². The lowest BCUT2D eigenvalue weighted by molar-refractivity contribution is 0.0336. The zero-order valence-electron chi connectivity index (χ0n) is 16.2. The van der Waals surface area contributed by atoms with Gasteiger partial charge in [-0.1, -0.05) is 12.1 Å². The van der Waals surface area contributed by atoms with Crippen LogP contribution in [0.25, 0.3) is 5.78 Å². The van der Waals surface area contributed by atoms with E-state index in [2.05, 4.69) is 19.8 Å². The Morgan fingerprint density at radius 2 is 2.00 bits per heavy atom. The summed E-state index contributed by atoms with van der Waals surface area (Å²) in [7, 11) is -4.17. The van der Waals surface area contributed by atoms with E-state index in [1.165, 1.54) is 16.8 Å². The first-order chi connectivity index (χ1) is 13.8. The molecule has 0 radical (unpaired) electrons. The Bertz CT molecular complexity index is 1140. The van der Waals surface area contributed by atoms with Crippen LogP contribution < -0.4 is 4.72 Å². The molecule has 10 nitrogen and oxygen atoms in total. The molecule has 0 saturated carbocycles. The van der Waals surface area contributed by atoms with Crippen LogP contribution in [0.4, 0.5) is 5.69 Å². The molecule has 0 bridgehead atoms. The molecule has 154 valence electrons. The quantitative estimate of drug-likeness (QED) is 0.432. The van der Waals surface area contributed by atoms with Crippen LogP contribution in [0.15, 0.2) is 35.6 Å². The van der Waals surface area contributed by atoms with E-state index in [-0.39, 0.29) is 30.2 Å². The van der Waals surface area contributed by atoms with Gasteiger partial charge in [-0.2, -0.15) is 13.4 Å². The third kappa shape index (κ3) is 4.51. The molecule has 0 fully saturated rings. The number of sulfonamides is 1. The highest BCUT2D eigenvalue weighted by Crippen LogP contribution is 2.24. The minimum atomic E-state index is -4.17. The smallest absolute Gasteiger partial charge is 0.340 e. The van der Waals surface area contributed by atoms with Crippen LogP contribution in [0.3, 0.4) is 0 Å². The number of para-hydroxylation sites is 1. The van der Waals surface area contributed by atoms with E-state index >= 15 is 0 Å². The molecule has 0 saturated heterocycles. The maximum absolute atomic E-state index is 12.9. The van der Waals surface area contributed by atoms with Crippen molar-refractivity contribution in [1.82, 2.24) is 19.6 Å². The van der Waals surface area contributed by atoms with E-state index in [0.29, 0.717) is 17.9 Å². The molecule has 2 aromatic heterocycles. The van der Waals surface area contributed by atoms with Crippen LogP contribution in [0.5, 0.6) is 0 Å². The van der Waals surface area contributed by atoms with Gasteiger partial charge in [0.2, 0.25) is 0 Å². The summed E-state index contributed by atoms with van der Waals surface area (Å²) in [6, 6.07) is 6.49. The molecule has 29 heavy (non-hydrogen) atoms. The average Bonchev–Trinajstić information content (AvgIpc) is 3.13. The first-order valence-electron chi connectivity index (χ1n) is 8.89. The molecule has 0 amide bonds. The third-order valence-corrected chi connectivity index (χ3v) is 5.17. The van der Waals surface area contributed by atoms with Crippen LogP contribution in [0, 0.1) is 13.8 Å². The predicted molar refractivity (Wildman–Crippen MR) is 104 cm³/mol. The van der Waals surface area contributed by atoms with E-state index in [0.717, 1.165) is 0 Å². The predicted octanol–water partition coefficient (Wildman–Crippen LogP) is 1.74. The van der Waals surface area contributed by atoms with Gasteiger partial charge in [-0.3, -0.25) is 4.72 Å². The number of carbonyl (C=O) groups is 1. The van der Waals surface area contributed by atoms with Gasteiger partial charge in [0, 0.05) is 18.5 Å². The number of nitrogens with one attached hydrogen (secondary N) is 1. The lowest BCUT2D eigenvalue weighted by Crippen LogP contribution is -2.19. The molecule has 11 heteroatoms. The number of nitrogens with zero attached hydrogens (tertiary/aromatic N) is 4. The molecule has 0 aliphatic heterocycles. The molecule has 0 aliphatic carbocycles. The number of aryl methyl sites for hydroxylation is 2. The van der Waals surface area contributed by atoms with Crippen molar-refractivity contribution in [2.45, 2.75) is 25.9 Å². The number of ether oxygens (including phenoxy) is 2. The highest BCUT2D eigenvalue weighted by Gasteiger charge is 2.25. The summed E-state index contributed by atoms with van der Waals surface area (Å²) in [5, 5.41) is 3.57. The van der Waals surface area contributed by atoms with Crippen LogP contribution >= 0.6 is 0 Å². The molecule has 1 N–H and O–H groups in total. The van der Waals surface area contributed by atoms with Crippen molar-refractivity contribution in [1.29, 1.82) is 0 Å². The molecule has 3 rings (SSSR count). The Hall–Kier alpha value is -3.05. The molecular weight excluding hydrogens is 398 g/mol. The number of hydrogen-bond acceptors (Lipinski definition) is 8. The molecule has 0 unspecified atom stereocenters. The first kappa shape index (κ1) is 20.7. The third-order valence-electron chi connectivity index (χ3n) is 4.04. The molecular formula is C18H21N5O5S. The minimum Gasteiger partial charge on any atom is -0.460 e. The van der Waals surface area contributed by atoms with Gasteiger partial charge < -0.3 is 9.47 Å². The highest BCUT2D eigenvalue weighted by molar-refractivity contribution is 7.92. The molecule has 3 aromatic rings. The minimum absolute atomic E-state index is 0.0613. The zero-order valence-corrected chi connectivity index (χ0v) is 17.1. The Balaban J connectivity index is 1.90. The summed E-state index contributed by atoms with van der Waals surface area (Å²) in [6.07, 6.45) is 1.51. The Morgan fingerprint density at radius 3 is 2.72 bits per heavy atom. The van der Waals surface area contributed by atoms with E-state index < -0.39 is 21.1 Å². The van der Waals surface area contributed by atoms with Crippen LogP contribution in [0.1, 0.15) is 28.5 Å². The lowest BCUT2D eigenvalue weighted by Gasteiger charge is -2.13. The van der Waals surface area contributed by atoms with Crippen molar-refractivity contribution in [3.63, 3.8) is 0 Å². The number of hydrogen-bond donors (Lipinski definition) is 1. The molecule has 0 spiro atoms. The zero-order chi connectivity index (χ0) is 21.0. The van der Waals surface area contributed by atoms with Crippen LogP contribution in [0.2, 0.25) is 0 Å². The topological polar surface area (TPSA) is 125 Å². The Kier molecular flexibility index (Phi) is 6.09. The van der Waals surface area contributed by atoms with Gasteiger partial charge in [0.25, 0.3) is 21.0 Å². The van der Waals surface area contributed by atoms with Crippen molar-refractivity contribution in [3.05, 3.63) is 47.3 Å². The SMILES string of the molecule is CCOCCOC(=O)c1cccc(C)c1NS(=O)(=O)c1nc2nccc(C)n2n1. The molecule has 1 aromatic carbocycles. The van der Waals surface area contributed by atoms with Gasteiger partial charge in [-0.05, 0) is 38.5 Å². The molecule has 0 aliphatic rings. The van der Waals surface area contributed by atoms with Crippen LogP contribution in [-0.2, 0) is 19.5 Å². The summed E-state index contributed by atoms with van der Waals surface area (Å²) < 4.78 is 39.8. The molecule has 0 atom stereocenters. The second-order valence-corrected chi connectivity index (χ2v) is 7.70. The largest absolute Gasteiger partial charge is 0.460 e. The van der Waals surface area contributed by atoms with Crippen molar-refractivity contribution < 1.29 is 22.7 Å². The summed E-state index contributed by atoms with van der Waals surface area (Å²) in [4.78, 5) is 20.4. The number of aromatic nitrogens is 4. The monoisotopic (exact) mass is 419 g/mol. The number of rotatable bonds is 8. The van der Waals surface area contributed by atoms with Gasteiger partial charge in [0.1, 0.15) is 6.61 Å². The fourth-order valence-corrected chi connectivity index (χ4v) is 3.59. The fraction of sp³-hybridized carbons (Fsp3) is 0.333. The summed E-state index contributed by atoms with van der Waals surface area (Å²) in [5.74, 6) is -0.503. The number of anilines is 1. The summed E-state index contributed by atoms with van der Waals surface area (Å²) >= 11 is 0. The van der Waals surface area contributed by atoms with E-state index in [1.807, 2.05) is 6.92 Å². The Morgan fingerprint density at radius 1 is 1.21 bits per heavy atom. The summed E-state index contributed by atoms with van der Waals surface area (Å²) in [5.41, 5.74) is 1.42. The highest BCUT2D eigenvalue weighted by atomic mass is 32.2. The molecule has 2 heterocycles. The van der Waals surface area contributed by atoms with Gasteiger partial charge >= 0.3 is 5.97 Å². The standard InChI is InChI=1S/C18H21N5O5S/c1-4-27-10-11-28-16(24)14-7-5-6-12(2)15(14)22-29(25,26)18-20-17-19-9-8-13(3)23(17)21-18/h5-9,22H,4,10-11H2,1-3H3. The maximum atomic E-state index is 12.9. The van der Waals surface area contributed by atoms with E-state index in [9.17, 15) is 13.2 Å². The number of esters is 1. The van der Waals surface area contributed by atoms with Crippen molar-refractivity contribution in [3.8, 4) is 0 Å². The summed E-state index contributed by atoms with van der Waals surface area (Å²) in [6.45, 7) is 6.09. The second-order valence-electron chi connectivity index (χ2n) is 6.13. The number of benzene rings is 1. The van der Waals surface area contributed by atoms with E-state index in [4.69, 9.17) is 9.47 Å². The number of fused-ring (bicyclic) bond motifs is 1.